The summed E-state index contributed by atoms with van der Waals surface area (Å²) in [5.74, 6) is 0. The van der Waals surface area contributed by atoms with Crippen LogP contribution in [-0.4, -0.2) is 41.9 Å². The molecular formula is C11H18BrNO2S. The number of halogens is 1. The van der Waals surface area contributed by atoms with Gasteiger partial charge in [0.25, 0.3) is 0 Å². The fraction of sp³-hybridized carbons (Fsp3) is 0.636. The van der Waals surface area contributed by atoms with Crippen molar-refractivity contribution >= 4 is 27.3 Å². The van der Waals surface area contributed by atoms with Gasteiger partial charge >= 0.3 is 0 Å². The van der Waals surface area contributed by atoms with E-state index in [1.54, 1.807) is 11.3 Å². The van der Waals surface area contributed by atoms with Crippen LogP contribution in [0, 0.1) is 5.41 Å². The molecule has 0 saturated heterocycles. The van der Waals surface area contributed by atoms with Crippen LogP contribution >= 0.6 is 27.3 Å². The zero-order chi connectivity index (χ0) is 12.2. The maximum absolute atomic E-state index is 9.21. The maximum atomic E-state index is 9.21. The molecule has 0 aliphatic heterocycles. The van der Waals surface area contributed by atoms with Crippen LogP contribution in [-0.2, 0) is 6.54 Å². The highest BCUT2D eigenvalue weighted by Gasteiger charge is 2.24. The Labute approximate surface area is 109 Å². The molecule has 0 aliphatic rings. The normalized spacial score (nSPS) is 12.4. The second kappa shape index (κ2) is 6.12. The molecule has 92 valence electrons. The lowest BCUT2D eigenvalue weighted by atomic mass is 9.92. The highest BCUT2D eigenvalue weighted by molar-refractivity contribution is 9.10. The molecule has 0 aromatic carbocycles. The molecule has 1 aromatic heterocycles. The van der Waals surface area contributed by atoms with Crippen molar-refractivity contribution < 1.29 is 10.2 Å². The van der Waals surface area contributed by atoms with Crippen LogP contribution in [0.2, 0.25) is 0 Å². The van der Waals surface area contributed by atoms with E-state index in [4.69, 9.17) is 0 Å². The van der Waals surface area contributed by atoms with E-state index in [0.29, 0.717) is 6.54 Å². The zero-order valence-corrected chi connectivity index (χ0v) is 12.0. The van der Waals surface area contributed by atoms with Crippen molar-refractivity contribution in [2.75, 3.05) is 26.8 Å². The number of thiophene rings is 1. The minimum absolute atomic E-state index is 0.00196. The number of rotatable bonds is 6. The molecular weight excluding hydrogens is 290 g/mol. The summed E-state index contributed by atoms with van der Waals surface area (Å²) in [4.78, 5) is 3.39. The number of nitrogens with zero attached hydrogens (tertiary/aromatic N) is 1. The first kappa shape index (κ1) is 14.1. The van der Waals surface area contributed by atoms with Crippen LogP contribution < -0.4 is 0 Å². The summed E-state index contributed by atoms with van der Waals surface area (Å²) in [6.07, 6.45) is 0. The molecule has 0 bridgehead atoms. The lowest BCUT2D eigenvalue weighted by Crippen LogP contribution is -2.38. The highest BCUT2D eigenvalue weighted by Crippen LogP contribution is 2.22. The summed E-state index contributed by atoms with van der Waals surface area (Å²) in [6.45, 7) is 3.40. The standard InChI is InChI=1S/C11H18BrNO2S/c1-11(7-14,8-15)6-13(2)4-10-3-9(12)5-16-10/h3,5,14-15H,4,6-8H2,1-2H3. The molecule has 1 heterocycles. The monoisotopic (exact) mass is 307 g/mol. The lowest BCUT2D eigenvalue weighted by molar-refractivity contribution is 0.0404. The van der Waals surface area contributed by atoms with E-state index in [-0.39, 0.29) is 13.2 Å². The van der Waals surface area contributed by atoms with Gasteiger partial charge in [-0.2, -0.15) is 0 Å². The molecule has 3 nitrogen and oxygen atoms in total. The predicted molar refractivity (Wildman–Crippen MR) is 70.6 cm³/mol. The van der Waals surface area contributed by atoms with E-state index in [9.17, 15) is 10.2 Å². The van der Waals surface area contributed by atoms with E-state index >= 15 is 0 Å². The maximum Gasteiger partial charge on any atom is 0.0519 e. The van der Waals surface area contributed by atoms with Gasteiger partial charge in [-0.05, 0) is 29.0 Å². The molecule has 16 heavy (non-hydrogen) atoms. The van der Waals surface area contributed by atoms with Crippen LogP contribution in [0.3, 0.4) is 0 Å². The van der Waals surface area contributed by atoms with Gasteiger partial charge in [0.05, 0.1) is 13.2 Å². The van der Waals surface area contributed by atoms with Gasteiger partial charge < -0.3 is 15.1 Å². The minimum Gasteiger partial charge on any atom is -0.396 e. The quantitative estimate of drug-likeness (QED) is 0.844. The Morgan fingerprint density at radius 1 is 1.44 bits per heavy atom. The van der Waals surface area contributed by atoms with Crippen molar-refractivity contribution in [1.29, 1.82) is 0 Å². The fourth-order valence-electron chi connectivity index (χ4n) is 1.56. The zero-order valence-electron chi connectivity index (χ0n) is 9.61. The van der Waals surface area contributed by atoms with Crippen molar-refractivity contribution in [2.45, 2.75) is 13.5 Å². The second-order valence-electron chi connectivity index (χ2n) is 4.53. The summed E-state index contributed by atoms with van der Waals surface area (Å²) < 4.78 is 1.10. The van der Waals surface area contributed by atoms with E-state index in [2.05, 4.69) is 32.3 Å². The minimum atomic E-state index is -0.427. The molecule has 2 N–H and O–H groups in total. The Bertz CT molecular complexity index is 326. The van der Waals surface area contributed by atoms with Gasteiger partial charge in [0.15, 0.2) is 0 Å². The Balaban J connectivity index is 2.50. The largest absolute Gasteiger partial charge is 0.396 e. The van der Waals surface area contributed by atoms with E-state index < -0.39 is 5.41 Å². The van der Waals surface area contributed by atoms with Crippen LogP contribution in [0.25, 0.3) is 0 Å². The first-order valence-corrected chi connectivity index (χ1v) is 6.79. The van der Waals surface area contributed by atoms with Crippen molar-refractivity contribution in [3.05, 3.63) is 20.8 Å². The van der Waals surface area contributed by atoms with Gasteiger partial charge in [-0.1, -0.05) is 6.92 Å². The Kier molecular flexibility index (Phi) is 5.40. The number of hydrogen-bond acceptors (Lipinski definition) is 4. The molecule has 0 aliphatic carbocycles. The topological polar surface area (TPSA) is 43.7 Å². The Hall–Kier alpha value is 0.0600. The first-order valence-electron chi connectivity index (χ1n) is 5.12. The molecule has 5 heteroatoms. The number of aliphatic hydroxyl groups excluding tert-OH is 2. The van der Waals surface area contributed by atoms with E-state index in [0.717, 1.165) is 11.0 Å². The second-order valence-corrected chi connectivity index (χ2v) is 6.44. The molecule has 1 aromatic rings. The average Bonchev–Trinajstić information content (AvgIpc) is 2.63. The third-order valence-corrected chi connectivity index (χ3v) is 4.14. The van der Waals surface area contributed by atoms with E-state index in [1.807, 2.05) is 14.0 Å². The third kappa shape index (κ3) is 4.14. The number of aliphatic hydroxyl groups is 2. The van der Waals surface area contributed by atoms with Crippen molar-refractivity contribution in [1.82, 2.24) is 4.90 Å². The van der Waals surface area contributed by atoms with Gasteiger partial charge in [-0.3, -0.25) is 0 Å². The van der Waals surface area contributed by atoms with Gasteiger partial charge in [0.2, 0.25) is 0 Å². The summed E-state index contributed by atoms with van der Waals surface area (Å²) in [6, 6.07) is 2.09. The van der Waals surface area contributed by atoms with Gasteiger partial charge in [-0.25, -0.2) is 0 Å². The summed E-state index contributed by atoms with van der Waals surface area (Å²) in [5, 5.41) is 20.5. The molecule has 0 unspecified atom stereocenters. The molecule has 0 spiro atoms. The van der Waals surface area contributed by atoms with Crippen LogP contribution in [0.4, 0.5) is 0 Å². The predicted octanol–water partition coefficient (Wildman–Crippen LogP) is 1.93. The fourth-order valence-corrected chi connectivity index (χ4v) is 3.09. The Morgan fingerprint density at radius 3 is 2.50 bits per heavy atom. The first-order chi connectivity index (χ1) is 7.49. The molecule has 0 atom stereocenters. The van der Waals surface area contributed by atoms with Crippen LogP contribution in [0.5, 0.6) is 0 Å². The van der Waals surface area contributed by atoms with Crippen molar-refractivity contribution in [3.8, 4) is 0 Å². The smallest absolute Gasteiger partial charge is 0.0519 e. The van der Waals surface area contributed by atoms with Crippen molar-refractivity contribution in [2.24, 2.45) is 5.41 Å². The van der Waals surface area contributed by atoms with Gasteiger partial charge in [0.1, 0.15) is 0 Å². The average molecular weight is 308 g/mol. The lowest BCUT2D eigenvalue weighted by Gasteiger charge is -2.30. The summed E-state index contributed by atoms with van der Waals surface area (Å²) in [5.41, 5.74) is -0.427. The van der Waals surface area contributed by atoms with Crippen LogP contribution in [0.15, 0.2) is 15.9 Å². The number of hydrogen-bond donors (Lipinski definition) is 2. The van der Waals surface area contributed by atoms with Crippen molar-refractivity contribution in [3.63, 3.8) is 0 Å². The summed E-state index contributed by atoms with van der Waals surface area (Å²) >= 11 is 5.13. The third-order valence-electron chi connectivity index (χ3n) is 2.46. The Morgan fingerprint density at radius 2 is 2.06 bits per heavy atom. The molecule has 0 amide bonds. The molecule has 0 radical (unpaired) electrons. The van der Waals surface area contributed by atoms with Gasteiger partial charge in [-0.15, -0.1) is 11.3 Å². The van der Waals surface area contributed by atoms with Crippen LogP contribution in [0.1, 0.15) is 11.8 Å². The molecule has 0 saturated carbocycles. The highest BCUT2D eigenvalue weighted by atomic mass is 79.9. The SMILES string of the molecule is CN(Cc1cc(Br)cs1)CC(C)(CO)CO. The molecule has 0 fully saturated rings. The van der Waals surface area contributed by atoms with E-state index in [1.165, 1.54) is 4.88 Å². The molecule has 1 rings (SSSR count). The van der Waals surface area contributed by atoms with Gasteiger partial charge in [0, 0.05) is 33.2 Å². The summed E-state index contributed by atoms with van der Waals surface area (Å²) in [7, 11) is 2.00.